The van der Waals surface area contributed by atoms with Crippen LogP contribution in [-0.2, 0) is 7.05 Å². The molecule has 1 rings (SSSR count). The molecule has 1 aromatic heterocycles. The van der Waals surface area contributed by atoms with E-state index in [2.05, 4.69) is 11.9 Å². The number of nitrogens with two attached hydrogens (primary N) is 1. The highest BCUT2D eigenvalue weighted by atomic mass is 19.5. The fourth-order valence-electron chi connectivity index (χ4n) is 0.326. The molecule has 0 bridgehead atoms. The summed E-state index contributed by atoms with van der Waals surface area (Å²) in [5, 5.41) is 0. The summed E-state index contributed by atoms with van der Waals surface area (Å²) < 4.78 is 40.9. The van der Waals surface area contributed by atoms with Gasteiger partial charge in [-0.3, -0.25) is 0 Å². The van der Waals surface area contributed by atoms with E-state index in [1.165, 1.54) is 0 Å². The highest BCUT2D eigenvalue weighted by Crippen LogP contribution is 2.06. The van der Waals surface area contributed by atoms with Crippen LogP contribution >= 0.6 is 0 Å². The van der Waals surface area contributed by atoms with E-state index < -0.39 is 7.25 Å². The van der Waals surface area contributed by atoms with E-state index in [0.717, 1.165) is 13.0 Å². The monoisotopic (exact) mass is 228 g/mol. The van der Waals surface area contributed by atoms with Crippen LogP contribution in [0, 0.1) is 0 Å². The van der Waals surface area contributed by atoms with Crippen LogP contribution in [0.25, 0.3) is 0 Å². The van der Waals surface area contributed by atoms with Crippen LogP contribution in [0.2, 0.25) is 0 Å². The quantitative estimate of drug-likeness (QED) is 0.590. The average molecular weight is 228 g/mol. The topological polar surface area (TPSA) is 43.8 Å². The predicted molar refractivity (Wildman–Crippen MR) is 52.7 cm³/mol. The van der Waals surface area contributed by atoms with Gasteiger partial charge >= 0.3 is 7.25 Å². The normalized spacial score (nSPS) is 9.53. The highest BCUT2D eigenvalue weighted by molar-refractivity contribution is 6.50. The lowest BCUT2D eigenvalue weighted by molar-refractivity contribution is 0.368. The van der Waals surface area contributed by atoms with Crippen LogP contribution in [0.15, 0.2) is 18.7 Å². The van der Waals surface area contributed by atoms with Crippen LogP contribution in [0.1, 0.15) is 13.3 Å². The molecule has 90 valence electrons. The average Bonchev–Trinajstić information content (AvgIpc) is 2.53. The second kappa shape index (κ2) is 9.51. The van der Waals surface area contributed by atoms with Crippen molar-refractivity contribution >= 4 is 7.25 Å². The van der Waals surface area contributed by atoms with E-state index in [-0.39, 0.29) is 0 Å². The molecule has 1 aromatic rings. The van der Waals surface area contributed by atoms with Crippen molar-refractivity contribution in [3.05, 3.63) is 18.7 Å². The number of hydrogen-bond donors (Lipinski definition) is 1. The second-order valence-corrected chi connectivity index (χ2v) is 2.51. The van der Waals surface area contributed by atoms with Crippen molar-refractivity contribution in [2.75, 3.05) is 6.54 Å². The predicted octanol–water partition coefficient (Wildman–Crippen LogP) is 2.08. The van der Waals surface area contributed by atoms with E-state index in [4.69, 9.17) is 5.73 Å². The van der Waals surface area contributed by atoms with Crippen LogP contribution in [-0.4, -0.2) is 23.4 Å². The zero-order valence-corrected chi connectivity index (χ0v) is 8.71. The Labute approximate surface area is 86.4 Å². The first kappa shape index (κ1) is 16.4. The van der Waals surface area contributed by atoms with E-state index in [1.54, 1.807) is 12.5 Å². The van der Waals surface area contributed by atoms with Gasteiger partial charge in [-0.1, -0.05) is 6.92 Å². The van der Waals surface area contributed by atoms with Crippen LogP contribution in [0.5, 0.6) is 0 Å². The van der Waals surface area contributed by atoms with Crippen molar-refractivity contribution in [2.24, 2.45) is 12.8 Å². The number of hydrogen-bond acceptors (Lipinski definition) is 2. The molecule has 0 fully saturated rings. The summed E-state index contributed by atoms with van der Waals surface area (Å²) in [5.74, 6) is 0. The van der Waals surface area contributed by atoms with Crippen molar-refractivity contribution in [3.63, 3.8) is 0 Å². The SMILES string of the molecule is CCCN.Cn1ccnc1.F[B-](F)(F)F. The summed E-state index contributed by atoms with van der Waals surface area (Å²) in [6, 6.07) is 0. The largest absolute Gasteiger partial charge is 0.673 e. The van der Waals surface area contributed by atoms with Gasteiger partial charge in [0.05, 0.1) is 6.33 Å². The fourth-order valence-corrected chi connectivity index (χ4v) is 0.326. The molecule has 0 saturated carbocycles. The van der Waals surface area contributed by atoms with Crippen molar-refractivity contribution in [2.45, 2.75) is 13.3 Å². The van der Waals surface area contributed by atoms with Crippen LogP contribution < -0.4 is 5.73 Å². The molecule has 0 amide bonds. The van der Waals surface area contributed by atoms with Gasteiger partial charge in [0.15, 0.2) is 0 Å². The van der Waals surface area contributed by atoms with Gasteiger partial charge < -0.3 is 27.6 Å². The third kappa shape index (κ3) is 32.1. The van der Waals surface area contributed by atoms with E-state index in [0.29, 0.717) is 0 Å². The molecule has 0 atom stereocenters. The van der Waals surface area contributed by atoms with Crippen molar-refractivity contribution in [3.8, 4) is 0 Å². The Balaban J connectivity index is 0. The fraction of sp³-hybridized carbons (Fsp3) is 0.571. The molecule has 2 N–H and O–H groups in total. The number of rotatable bonds is 1. The highest BCUT2D eigenvalue weighted by Gasteiger charge is 2.20. The van der Waals surface area contributed by atoms with Gasteiger partial charge in [-0.05, 0) is 13.0 Å². The Bertz CT molecular complexity index is 205. The Morgan fingerprint density at radius 2 is 1.73 bits per heavy atom. The van der Waals surface area contributed by atoms with Gasteiger partial charge in [0.1, 0.15) is 0 Å². The number of imidazole rings is 1. The van der Waals surface area contributed by atoms with Gasteiger partial charge in [-0.2, -0.15) is 0 Å². The molecule has 3 nitrogen and oxygen atoms in total. The molecule has 0 aromatic carbocycles. The molecule has 0 aliphatic rings. The number of nitrogens with zero attached hydrogens (tertiary/aromatic N) is 2. The lowest BCUT2D eigenvalue weighted by Crippen LogP contribution is -2.02. The number of halogens is 4. The maximum Gasteiger partial charge on any atom is 0.673 e. The minimum atomic E-state index is -6.00. The summed E-state index contributed by atoms with van der Waals surface area (Å²) in [6.45, 7) is 2.88. The molecular weight excluding hydrogens is 213 g/mol. The molecule has 0 saturated heterocycles. The van der Waals surface area contributed by atoms with E-state index in [1.807, 2.05) is 17.8 Å². The molecular formula is C7H15BF4N3-. The van der Waals surface area contributed by atoms with Crippen LogP contribution in [0.3, 0.4) is 0 Å². The Kier molecular flexibility index (Phi) is 10.4. The molecule has 8 heteroatoms. The molecule has 15 heavy (non-hydrogen) atoms. The number of aryl methyl sites for hydroxylation is 1. The maximum atomic E-state index is 9.75. The minimum Gasteiger partial charge on any atom is -0.418 e. The first-order valence-electron chi connectivity index (χ1n) is 4.30. The summed E-state index contributed by atoms with van der Waals surface area (Å²) in [7, 11) is -4.06. The Hall–Kier alpha value is -1.05. The molecule has 0 radical (unpaired) electrons. The third-order valence-corrected chi connectivity index (χ3v) is 0.925. The number of aromatic nitrogens is 2. The first-order chi connectivity index (χ1) is 6.81. The van der Waals surface area contributed by atoms with Gasteiger partial charge in [0.25, 0.3) is 0 Å². The van der Waals surface area contributed by atoms with Crippen molar-refractivity contribution in [1.82, 2.24) is 9.55 Å². The standard InChI is InChI=1S/C4H6N2.C3H9N.BF4/c1-6-3-2-5-4-6;1-2-3-4;2-1(3,4)5/h2-4H,1H3;2-4H2,1H3;/q;;-1. The Morgan fingerprint density at radius 1 is 1.33 bits per heavy atom. The molecule has 0 aliphatic carbocycles. The zero-order chi connectivity index (χ0) is 12.3. The van der Waals surface area contributed by atoms with Crippen molar-refractivity contribution < 1.29 is 17.3 Å². The van der Waals surface area contributed by atoms with E-state index in [9.17, 15) is 17.3 Å². The second-order valence-electron chi connectivity index (χ2n) is 2.51. The van der Waals surface area contributed by atoms with Crippen LogP contribution in [0.4, 0.5) is 17.3 Å². The van der Waals surface area contributed by atoms with E-state index >= 15 is 0 Å². The maximum absolute atomic E-state index is 9.75. The van der Waals surface area contributed by atoms with Gasteiger partial charge in [-0.25, -0.2) is 4.98 Å². The minimum absolute atomic E-state index is 0.819. The van der Waals surface area contributed by atoms with Gasteiger partial charge in [0, 0.05) is 19.4 Å². The summed E-state index contributed by atoms with van der Waals surface area (Å²) in [5.41, 5.74) is 5.03. The molecule has 1 heterocycles. The van der Waals surface area contributed by atoms with Gasteiger partial charge in [-0.15, -0.1) is 0 Å². The first-order valence-corrected chi connectivity index (χ1v) is 4.30. The molecule has 0 aliphatic heterocycles. The summed E-state index contributed by atoms with van der Waals surface area (Å²) >= 11 is 0. The lowest BCUT2D eigenvalue weighted by atomic mass is 10.3. The molecule has 0 unspecified atom stereocenters. The third-order valence-electron chi connectivity index (χ3n) is 0.925. The Morgan fingerprint density at radius 3 is 1.80 bits per heavy atom. The summed E-state index contributed by atoms with van der Waals surface area (Å²) in [4.78, 5) is 3.78. The van der Waals surface area contributed by atoms with Gasteiger partial charge in [0.2, 0.25) is 0 Å². The summed E-state index contributed by atoms with van der Waals surface area (Å²) in [6.07, 6.45) is 6.49. The molecule has 0 spiro atoms. The lowest BCUT2D eigenvalue weighted by Gasteiger charge is -1.94. The van der Waals surface area contributed by atoms with Crippen molar-refractivity contribution in [1.29, 1.82) is 0 Å². The zero-order valence-electron chi connectivity index (χ0n) is 8.71. The smallest absolute Gasteiger partial charge is 0.418 e.